The number of hydrogen-bond acceptors (Lipinski definition) is 2. The van der Waals surface area contributed by atoms with Gasteiger partial charge in [-0.2, -0.15) is 0 Å². The van der Waals surface area contributed by atoms with Gasteiger partial charge in [-0.05, 0) is 30.5 Å². The lowest BCUT2D eigenvalue weighted by atomic mass is 10.1. The number of carbonyl (C=O) groups excluding carboxylic acids is 1. The first-order valence-electron chi connectivity index (χ1n) is 6.15. The quantitative estimate of drug-likeness (QED) is 0.796. The predicted molar refractivity (Wildman–Crippen MR) is 71.4 cm³/mol. The van der Waals surface area contributed by atoms with Gasteiger partial charge in [-0.1, -0.05) is 26.0 Å². The first-order chi connectivity index (χ1) is 8.02. The number of rotatable bonds is 5. The van der Waals surface area contributed by atoms with Crippen LogP contribution in [0.15, 0.2) is 24.3 Å². The zero-order chi connectivity index (χ0) is 12.8. The molecule has 0 heterocycles. The number of anilines is 1. The van der Waals surface area contributed by atoms with Crippen molar-refractivity contribution in [2.24, 2.45) is 5.92 Å². The molecule has 0 saturated heterocycles. The molecular weight excluding hydrogens is 212 g/mol. The van der Waals surface area contributed by atoms with Crippen LogP contribution in [-0.2, 0) is 11.3 Å². The Morgan fingerprint density at radius 3 is 2.65 bits per heavy atom. The molecule has 0 unspecified atom stereocenters. The highest BCUT2D eigenvalue weighted by Crippen LogP contribution is 2.12. The van der Waals surface area contributed by atoms with Gasteiger partial charge in [-0.3, -0.25) is 4.79 Å². The first-order valence-corrected chi connectivity index (χ1v) is 6.15. The predicted octanol–water partition coefficient (Wildman–Crippen LogP) is 2.66. The monoisotopic (exact) mass is 234 g/mol. The molecule has 0 atom stereocenters. The maximum absolute atomic E-state index is 12.0. The average Bonchev–Trinajstić information content (AvgIpc) is 2.24. The van der Waals surface area contributed by atoms with Crippen LogP contribution >= 0.6 is 0 Å². The van der Waals surface area contributed by atoms with Crippen molar-refractivity contribution in [1.82, 2.24) is 4.90 Å². The molecule has 2 N–H and O–H groups in total. The molecule has 1 amide bonds. The third-order valence-electron chi connectivity index (χ3n) is 2.64. The highest BCUT2D eigenvalue weighted by molar-refractivity contribution is 5.76. The molecule has 3 heteroatoms. The smallest absolute Gasteiger partial charge is 0.223 e. The van der Waals surface area contributed by atoms with E-state index >= 15 is 0 Å². The van der Waals surface area contributed by atoms with Gasteiger partial charge in [0, 0.05) is 25.2 Å². The van der Waals surface area contributed by atoms with Crippen molar-refractivity contribution >= 4 is 11.6 Å². The Bertz CT molecular complexity index is 374. The van der Waals surface area contributed by atoms with Crippen molar-refractivity contribution in [3.63, 3.8) is 0 Å². The molecule has 0 aliphatic heterocycles. The second-order valence-electron chi connectivity index (χ2n) is 4.75. The molecule has 0 aliphatic rings. The van der Waals surface area contributed by atoms with Crippen molar-refractivity contribution in [1.29, 1.82) is 0 Å². The molecule has 94 valence electrons. The van der Waals surface area contributed by atoms with E-state index in [2.05, 4.69) is 13.8 Å². The van der Waals surface area contributed by atoms with E-state index < -0.39 is 0 Å². The summed E-state index contributed by atoms with van der Waals surface area (Å²) in [7, 11) is 0. The standard InChI is InChI=1S/C14H22N2O/c1-4-16(14(17)8-11(2)3)10-12-6-5-7-13(15)9-12/h5-7,9,11H,4,8,10,15H2,1-3H3. The Kier molecular flexibility index (Phi) is 5.01. The summed E-state index contributed by atoms with van der Waals surface area (Å²) in [6.07, 6.45) is 0.607. The minimum atomic E-state index is 0.213. The van der Waals surface area contributed by atoms with Gasteiger partial charge in [0.15, 0.2) is 0 Å². The number of hydrogen-bond donors (Lipinski definition) is 1. The van der Waals surface area contributed by atoms with E-state index in [1.54, 1.807) is 0 Å². The fourth-order valence-electron chi connectivity index (χ4n) is 1.77. The number of nitrogen functional groups attached to an aromatic ring is 1. The summed E-state index contributed by atoms with van der Waals surface area (Å²) in [5, 5.41) is 0. The maximum atomic E-state index is 12.0. The molecule has 0 saturated carbocycles. The van der Waals surface area contributed by atoms with Crippen LogP contribution in [0.5, 0.6) is 0 Å². The third-order valence-corrected chi connectivity index (χ3v) is 2.64. The second kappa shape index (κ2) is 6.28. The second-order valence-corrected chi connectivity index (χ2v) is 4.75. The van der Waals surface area contributed by atoms with Crippen LogP contribution in [0.25, 0.3) is 0 Å². The topological polar surface area (TPSA) is 46.3 Å². The van der Waals surface area contributed by atoms with E-state index in [0.29, 0.717) is 18.9 Å². The zero-order valence-corrected chi connectivity index (χ0v) is 10.9. The van der Waals surface area contributed by atoms with Crippen LogP contribution in [0.2, 0.25) is 0 Å². The van der Waals surface area contributed by atoms with Gasteiger partial charge in [0.25, 0.3) is 0 Å². The van der Waals surface area contributed by atoms with Crippen molar-refractivity contribution < 1.29 is 4.79 Å². The Morgan fingerprint density at radius 1 is 1.41 bits per heavy atom. The molecule has 1 aromatic rings. The molecule has 0 aliphatic carbocycles. The fraction of sp³-hybridized carbons (Fsp3) is 0.500. The van der Waals surface area contributed by atoms with Crippen LogP contribution in [-0.4, -0.2) is 17.4 Å². The molecular formula is C14H22N2O. The molecule has 0 aromatic heterocycles. The summed E-state index contributed by atoms with van der Waals surface area (Å²) in [4.78, 5) is 13.8. The van der Waals surface area contributed by atoms with Gasteiger partial charge in [0.2, 0.25) is 5.91 Å². The highest BCUT2D eigenvalue weighted by atomic mass is 16.2. The number of benzene rings is 1. The van der Waals surface area contributed by atoms with Crippen LogP contribution in [0.3, 0.4) is 0 Å². The van der Waals surface area contributed by atoms with E-state index in [0.717, 1.165) is 17.8 Å². The number of carbonyl (C=O) groups is 1. The van der Waals surface area contributed by atoms with Gasteiger partial charge in [0.05, 0.1) is 0 Å². The Labute approximate surface area is 104 Å². The Morgan fingerprint density at radius 2 is 2.12 bits per heavy atom. The summed E-state index contributed by atoms with van der Waals surface area (Å²) in [6.45, 7) is 7.51. The largest absolute Gasteiger partial charge is 0.399 e. The lowest BCUT2D eigenvalue weighted by Crippen LogP contribution is -2.31. The Hall–Kier alpha value is -1.51. The summed E-state index contributed by atoms with van der Waals surface area (Å²) in [5.41, 5.74) is 7.56. The Balaban J connectivity index is 2.66. The van der Waals surface area contributed by atoms with Crippen LogP contribution in [0, 0.1) is 5.92 Å². The fourth-order valence-corrected chi connectivity index (χ4v) is 1.77. The highest BCUT2D eigenvalue weighted by Gasteiger charge is 2.13. The molecule has 17 heavy (non-hydrogen) atoms. The molecule has 0 bridgehead atoms. The molecule has 0 spiro atoms. The van der Waals surface area contributed by atoms with E-state index in [1.807, 2.05) is 36.1 Å². The molecule has 0 fully saturated rings. The summed E-state index contributed by atoms with van der Waals surface area (Å²) >= 11 is 0. The molecule has 0 radical (unpaired) electrons. The molecule has 1 aromatic carbocycles. The normalized spacial score (nSPS) is 10.6. The lowest BCUT2D eigenvalue weighted by molar-refractivity contribution is -0.132. The first kappa shape index (κ1) is 13.6. The summed E-state index contributed by atoms with van der Waals surface area (Å²) in [5.74, 6) is 0.613. The number of nitrogens with zero attached hydrogens (tertiary/aromatic N) is 1. The van der Waals surface area contributed by atoms with E-state index in [1.165, 1.54) is 0 Å². The zero-order valence-electron chi connectivity index (χ0n) is 10.9. The van der Waals surface area contributed by atoms with Crippen molar-refractivity contribution in [3.8, 4) is 0 Å². The third kappa shape index (κ3) is 4.47. The van der Waals surface area contributed by atoms with Gasteiger partial charge >= 0.3 is 0 Å². The maximum Gasteiger partial charge on any atom is 0.223 e. The van der Waals surface area contributed by atoms with Gasteiger partial charge in [-0.25, -0.2) is 0 Å². The van der Waals surface area contributed by atoms with E-state index in [4.69, 9.17) is 5.73 Å². The lowest BCUT2D eigenvalue weighted by Gasteiger charge is -2.22. The molecule has 3 nitrogen and oxygen atoms in total. The van der Waals surface area contributed by atoms with Gasteiger partial charge < -0.3 is 10.6 Å². The van der Waals surface area contributed by atoms with Crippen molar-refractivity contribution in [3.05, 3.63) is 29.8 Å². The number of nitrogens with two attached hydrogens (primary N) is 1. The van der Waals surface area contributed by atoms with Crippen LogP contribution < -0.4 is 5.73 Å². The summed E-state index contributed by atoms with van der Waals surface area (Å²) < 4.78 is 0. The van der Waals surface area contributed by atoms with Gasteiger partial charge in [0.1, 0.15) is 0 Å². The van der Waals surface area contributed by atoms with E-state index in [9.17, 15) is 4.79 Å². The number of amides is 1. The van der Waals surface area contributed by atoms with Gasteiger partial charge in [-0.15, -0.1) is 0 Å². The van der Waals surface area contributed by atoms with Crippen LogP contribution in [0.4, 0.5) is 5.69 Å². The van der Waals surface area contributed by atoms with Crippen LogP contribution in [0.1, 0.15) is 32.8 Å². The van der Waals surface area contributed by atoms with E-state index in [-0.39, 0.29) is 5.91 Å². The minimum Gasteiger partial charge on any atom is -0.399 e. The van der Waals surface area contributed by atoms with Crippen molar-refractivity contribution in [2.75, 3.05) is 12.3 Å². The minimum absolute atomic E-state index is 0.213. The average molecular weight is 234 g/mol. The SMILES string of the molecule is CCN(Cc1cccc(N)c1)C(=O)CC(C)C. The molecule has 1 rings (SSSR count). The van der Waals surface area contributed by atoms with Crippen molar-refractivity contribution in [2.45, 2.75) is 33.7 Å². The summed E-state index contributed by atoms with van der Waals surface area (Å²) in [6, 6.07) is 7.70.